The van der Waals surface area contributed by atoms with Gasteiger partial charge in [-0.1, -0.05) is 567 Å². The van der Waals surface area contributed by atoms with Gasteiger partial charge in [-0.25, -0.2) is 0 Å². The van der Waals surface area contributed by atoms with Gasteiger partial charge in [-0.3, -0.25) is 0 Å². The van der Waals surface area contributed by atoms with E-state index < -0.39 is 38.3 Å². The lowest BCUT2D eigenvalue weighted by Crippen LogP contribution is -2.45. The van der Waals surface area contributed by atoms with Crippen molar-refractivity contribution < 1.29 is 19.8 Å². The average molecular weight is 1770 g/mol. The maximum atomic E-state index is 10.7. The monoisotopic (exact) mass is 1770 g/mol. The van der Waals surface area contributed by atoms with E-state index in [2.05, 4.69) is 0 Å². The van der Waals surface area contributed by atoms with Crippen LogP contribution in [-0.2, 0) is 9.59 Å². The summed E-state index contributed by atoms with van der Waals surface area (Å²) in [6.07, 6.45) is 144. The Kier molecular flexibility index (Phi) is 41.7. The normalized spacial score (nSPS) is 34.4. The van der Waals surface area contributed by atoms with Crippen LogP contribution in [0.5, 0.6) is 0 Å². The van der Waals surface area contributed by atoms with E-state index in [1.807, 2.05) is 0 Å². The van der Waals surface area contributed by atoms with E-state index in [9.17, 15) is 19.8 Å². The number of rotatable bonds is 50. The predicted octanol–water partition coefficient (Wildman–Crippen LogP) is 34.1. The molecular formula is C113H200B8O4P2. The number of fused-ring (bicyclic) bond motifs is 18. The summed E-state index contributed by atoms with van der Waals surface area (Å²) in [7, 11) is -1.72. The Morgan fingerprint density at radius 1 is 0.189 bits per heavy atom. The number of carbonyl (C=O) groups excluding carboxylic acids is 2. The van der Waals surface area contributed by atoms with Crippen LogP contribution in [0, 0.1) is 23.7 Å². The Balaban J connectivity index is 0.000000163. The quantitative estimate of drug-likeness (QED) is 0.0263. The van der Waals surface area contributed by atoms with Crippen molar-refractivity contribution in [1.29, 1.82) is 0 Å². The van der Waals surface area contributed by atoms with Crippen LogP contribution in [0.4, 0.5) is 0 Å². The fraction of sp³-hybridized carbons (Fsp3) is 0.965. The molecule has 14 heteroatoms. The smallest absolute Gasteiger partial charge is 0.146 e. The SMILES string of the molecule is C(CCB1C2CCCC1CCC2)CC[P+](CCCCCB1C2CCCC1CCC2)(CCCCCB1C2CCCC1CCC2)CCCCCB1C2CCCC1CCC2.C(CCB1C2CCCC1CCC2)CC[P+](CCCCCB1C2CCCC1CCC2)(CCCCCB1C2CCCC1CCC2)CCCCCB1C2CCCC1CCC2.O=C([O-])[C@@H]1C2C=CC(C2)[C@H]1C(=O)[O-]. The minimum Gasteiger partial charge on any atom is -0.550 e. The third-order valence-corrected chi connectivity index (χ3v) is 54.6. The van der Waals surface area contributed by atoms with Gasteiger partial charge in [0, 0.05) is 38.3 Å². The van der Waals surface area contributed by atoms with Crippen molar-refractivity contribution in [3.8, 4) is 0 Å². The Labute approximate surface area is 791 Å². The summed E-state index contributed by atoms with van der Waals surface area (Å²) >= 11 is 0. The van der Waals surface area contributed by atoms with E-state index in [0.29, 0.717) is 6.42 Å². The summed E-state index contributed by atoms with van der Waals surface area (Å²) < 4.78 is 0. The number of aliphatic carboxylic acids is 2. The van der Waals surface area contributed by atoms with Crippen molar-refractivity contribution in [1.82, 2.24) is 0 Å². The molecule has 710 valence electrons. The molecular weight excluding hydrogens is 1570 g/mol. The van der Waals surface area contributed by atoms with Crippen LogP contribution in [-0.4, -0.2) is 115 Å². The number of allylic oxidation sites excluding steroid dienone is 2. The second kappa shape index (κ2) is 52.9. The number of hydrogen-bond acceptors (Lipinski definition) is 4. The number of carboxylic acid groups (broad SMARTS) is 2. The van der Waals surface area contributed by atoms with Crippen LogP contribution in [0.2, 0.25) is 144 Å². The van der Waals surface area contributed by atoms with Gasteiger partial charge in [0.1, 0.15) is 53.7 Å². The van der Waals surface area contributed by atoms with Gasteiger partial charge in [0.25, 0.3) is 0 Å². The Bertz CT molecular complexity index is 2440. The Morgan fingerprint density at radius 2 is 0.307 bits per heavy atom. The van der Waals surface area contributed by atoms with E-state index in [-0.39, 0.29) is 11.8 Å². The standard InChI is InChI=1S/2C52H96B4P.C9H10O4/c2*1(5-37-53-45-21-13-22-46(53)24-14-23-45)9-41-57(42-10-2-6-38-54-47-25-15-26-48(54)28-16-27-47,43-11-3-7-39-55-49-29-17-30-50(55)32-18-31-49)44-12-4-8-40-56-51-33-19-34-52(56)36-20-35-51;10-8(11)6-4-1-2-5(3-4)7(6)9(12)13/h2*45-52H,1-44H2;1-2,4-7H,3H2,(H,10,11)(H,12,13)/q2*+1;/p-2/t;;4?,5?,6-,7-/m..1/s1. The molecule has 0 spiro atoms. The first-order chi connectivity index (χ1) is 62.6. The molecule has 18 rings (SSSR count). The molecule has 16 saturated heterocycles. The highest BCUT2D eigenvalue weighted by atomic mass is 31.2. The first-order valence-corrected chi connectivity index (χ1v) is 65.5. The zero-order chi connectivity index (χ0) is 86.7. The Hall–Kier alpha value is 0.0595. The van der Waals surface area contributed by atoms with E-state index in [0.717, 1.165) is 147 Å². The minimum atomic E-state index is -1.27. The average Bonchev–Trinajstić information content (AvgIpc) is 1.62. The second-order valence-corrected chi connectivity index (χ2v) is 60.2. The van der Waals surface area contributed by atoms with Crippen molar-refractivity contribution in [2.24, 2.45) is 23.7 Å². The number of unbranched alkanes of at least 4 members (excludes halogenated alkanes) is 16. The molecule has 0 radical (unpaired) electrons. The third-order valence-electron chi connectivity index (χ3n) is 44.4. The molecule has 127 heavy (non-hydrogen) atoms. The molecule has 0 N–H and O–H groups in total. The van der Waals surface area contributed by atoms with Gasteiger partial charge >= 0.3 is 0 Å². The number of carbonyl (C=O) groups is 2. The topological polar surface area (TPSA) is 80.3 Å². The molecule has 4 atom stereocenters. The summed E-state index contributed by atoms with van der Waals surface area (Å²) in [6.45, 7) is 9.02. The van der Waals surface area contributed by atoms with Crippen LogP contribution in [0.15, 0.2) is 12.2 Å². The summed E-state index contributed by atoms with van der Waals surface area (Å²) in [6, 6.07) is 0. The molecule has 18 aliphatic rings. The van der Waals surface area contributed by atoms with Gasteiger partial charge in [0.05, 0.1) is 49.3 Å². The van der Waals surface area contributed by atoms with E-state index >= 15 is 0 Å². The Morgan fingerprint density at radius 3 is 0.417 bits per heavy atom. The molecule has 0 aromatic heterocycles. The second-order valence-electron chi connectivity index (χ2n) is 51.3. The maximum Gasteiger partial charge on any atom is 0.146 e. The zero-order valence-electron chi connectivity index (χ0n) is 83.8. The first kappa shape index (κ1) is 100. The van der Waals surface area contributed by atoms with Gasteiger partial charge < -0.3 is 19.8 Å². The largest absolute Gasteiger partial charge is 0.550 e. The lowest BCUT2D eigenvalue weighted by Gasteiger charge is -2.41. The van der Waals surface area contributed by atoms with Gasteiger partial charge in [-0.15, -0.1) is 0 Å². The van der Waals surface area contributed by atoms with Crippen molar-refractivity contribution in [2.45, 2.75) is 612 Å². The van der Waals surface area contributed by atoms with Gasteiger partial charge in [-0.05, 0) is 69.6 Å². The molecule has 2 unspecified atom stereocenters. The molecule has 17 fully saturated rings. The fourth-order valence-electron chi connectivity index (χ4n) is 38.1. The molecule has 16 aliphatic heterocycles. The molecule has 4 nitrogen and oxygen atoms in total. The fourth-order valence-corrected chi connectivity index (χ4v) is 48.0. The number of hydrogen-bond donors (Lipinski definition) is 0. The zero-order valence-corrected chi connectivity index (χ0v) is 85.6. The summed E-state index contributed by atoms with van der Waals surface area (Å²) in [5.74, 6) is 13.3. The van der Waals surface area contributed by atoms with E-state index in [4.69, 9.17) is 0 Å². The minimum absolute atomic E-state index is 0.169. The van der Waals surface area contributed by atoms with Crippen LogP contribution < -0.4 is 10.2 Å². The van der Waals surface area contributed by atoms with Gasteiger partial charge in [-0.2, -0.15) is 0 Å². The highest BCUT2D eigenvalue weighted by Gasteiger charge is 2.50. The molecule has 18 bridgehead atoms. The first-order valence-electron chi connectivity index (χ1n) is 60.4. The van der Waals surface area contributed by atoms with Crippen LogP contribution in [0.1, 0.15) is 469 Å². The van der Waals surface area contributed by atoms with Crippen LogP contribution in [0.3, 0.4) is 0 Å². The summed E-state index contributed by atoms with van der Waals surface area (Å²) in [5, 5.41) is 21.3. The van der Waals surface area contributed by atoms with E-state index in [1.165, 1.54) is 0 Å². The number of carboxylic acids is 2. The van der Waals surface area contributed by atoms with Crippen molar-refractivity contribution in [2.75, 3.05) is 49.3 Å². The molecule has 0 amide bonds. The van der Waals surface area contributed by atoms with Gasteiger partial charge in [0.2, 0.25) is 0 Å². The highest BCUT2D eigenvalue weighted by Crippen LogP contribution is 2.65. The molecule has 0 aromatic rings. The van der Waals surface area contributed by atoms with E-state index in [1.54, 1.807) is 574 Å². The van der Waals surface area contributed by atoms with Crippen LogP contribution >= 0.6 is 14.5 Å². The summed E-state index contributed by atoms with van der Waals surface area (Å²) in [5.41, 5.74) is 0. The lowest BCUT2D eigenvalue weighted by atomic mass is 9.26. The molecule has 2 aliphatic carbocycles. The third kappa shape index (κ3) is 28.5. The maximum absolute atomic E-state index is 10.7. The van der Waals surface area contributed by atoms with Crippen molar-refractivity contribution in [3.05, 3.63) is 12.2 Å². The van der Waals surface area contributed by atoms with Crippen LogP contribution in [0.25, 0.3) is 0 Å². The van der Waals surface area contributed by atoms with Crippen molar-refractivity contribution >= 4 is 80.2 Å². The molecule has 16 heterocycles. The predicted molar refractivity (Wildman–Crippen MR) is 567 cm³/mol. The van der Waals surface area contributed by atoms with Crippen molar-refractivity contribution in [3.63, 3.8) is 0 Å². The van der Waals surface area contributed by atoms with Gasteiger partial charge in [0.15, 0.2) is 0 Å². The lowest BCUT2D eigenvalue weighted by molar-refractivity contribution is -0.327. The molecule has 1 saturated carbocycles. The highest BCUT2D eigenvalue weighted by molar-refractivity contribution is 7.76. The molecule has 0 aromatic carbocycles. The summed E-state index contributed by atoms with van der Waals surface area (Å²) in [4.78, 5) is 21.3.